The number of hydrogen-bond acceptors (Lipinski definition) is 2. The number of rotatable bonds is 5. The van der Waals surface area contributed by atoms with Gasteiger partial charge < -0.3 is 4.74 Å². The summed E-state index contributed by atoms with van der Waals surface area (Å²) < 4.78 is 5.78. The van der Waals surface area contributed by atoms with Gasteiger partial charge in [-0.3, -0.25) is 4.79 Å². The molecule has 2 aromatic carbocycles. The number of carbonyl (C=O) groups is 1. The van der Waals surface area contributed by atoms with Gasteiger partial charge in [-0.2, -0.15) is 0 Å². The van der Waals surface area contributed by atoms with Crippen molar-refractivity contribution in [1.82, 2.24) is 0 Å². The van der Waals surface area contributed by atoms with Crippen molar-refractivity contribution in [1.29, 1.82) is 0 Å². The molecule has 0 saturated heterocycles. The fourth-order valence-electron chi connectivity index (χ4n) is 2.45. The van der Waals surface area contributed by atoms with E-state index in [-0.39, 0.29) is 17.5 Å². The van der Waals surface area contributed by atoms with Crippen LogP contribution in [-0.2, 0) is 16.0 Å². The van der Waals surface area contributed by atoms with Crippen LogP contribution in [0.25, 0.3) is 0 Å². The van der Waals surface area contributed by atoms with Crippen molar-refractivity contribution < 1.29 is 9.53 Å². The Balaban J connectivity index is 2.00. The molecule has 0 saturated carbocycles. The van der Waals surface area contributed by atoms with Crippen LogP contribution in [0.1, 0.15) is 44.4 Å². The zero-order chi connectivity index (χ0) is 16.0. The highest BCUT2D eigenvalue weighted by Gasteiger charge is 2.29. The molecular formula is C20H24O2. The number of esters is 1. The van der Waals surface area contributed by atoms with Crippen LogP contribution in [0, 0.1) is 5.41 Å². The second kappa shape index (κ2) is 7.26. The van der Waals surface area contributed by atoms with Crippen LogP contribution >= 0.6 is 0 Å². The molecule has 0 aliphatic rings. The zero-order valence-electron chi connectivity index (χ0n) is 13.6. The topological polar surface area (TPSA) is 26.3 Å². The van der Waals surface area contributed by atoms with E-state index in [4.69, 9.17) is 4.74 Å². The average Bonchev–Trinajstić information content (AvgIpc) is 2.51. The maximum absolute atomic E-state index is 12.2. The lowest BCUT2D eigenvalue weighted by atomic mass is 9.84. The molecule has 0 fully saturated rings. The minimum Gasteiger partial charge on any atom is -0.457 e. The van der Waals surface area contributed by atoms with E-state index in [9.17, 15) is 4.79 Å². The van der Waals surface area contributed by atoms with Crippen LogP contribution in [0.3, 0.4) is 0 Å². The normalized spacial score (nSPS) is 12.7. The lowest BCUT2D eigenvalue weighted by Gasteiger charge is -2.30. The summed E-state index contributed by atoms with van der Waals surface area (Å²) in [6.07, 6.45) is 0.895. The molecule has 0 spiro atoms. The van der Waals surface area contributed by atoms with Crippen molar-refractivity contribution in [2.24, 2.45) is 5.41 Å². The van der Waals surface area contributed by atoms with E-state index in [1.54, 1.807) is 0 Å². The van der Waals surface area contributed by atoms with Gasteiger partial charge in [-0.15, -0.1) is 0 Å². The molecule has 0 bridgehead atoms. The first kappa shape index (κ1) is 16.3. The van der Waals surface area contributed by atoms with Gasteiger partial charge in [-0.25, -0.2) is 0 Å². The zero-order valence-corrected chi connectivity index (χ0v) is 13.6. The SMILES string of the molecule is CC(C)(C)[C@@H](OC(=O)CCc1ccccc1)c1ccccc1. The van der Waals surface area contributed by atoms with E-state index in [2.05, 4.69) is 20.8 Å². The second-order valence-corrected chi connectivity index (χ2v) is 6.63. The van der Waals surface area contributed by atoms with Gasteiger partial charge in [0.2, 0.25) is 0 Å². The van der Waals surface area contributed by atoms with Gasteiger partial charge >= 0.3 is 5.97 Å². The number of hydrogen-bond donors (Lipinski definition) is 0. The lowest BCUT2D eigenvalue weighted by Crippen LogP contribution is -2.24. The summed E-state index contributed by atoms with van der Waals surface area (Å²) in [5, 5.41) is 0. The number of benzene rings is 2. The molecule has 0 aliphatic carbocycles. The second-order valence-electron chi connectivity index (χ2n) is 6.63. The Bertz CT molecular complexity index is 582. The van der Waals surface area contributed by atoms with Gasteiger partial charge in [0, 0.05) is 11.8 Å². The predicted octanol–water partition coefficient (Wildman–Crippen LogP) is 4.95. The highest BCUT2D eigenvalue weighted by molar-refractivity contribution is 5.70. The predicted molar refractivity (Wildman–Crippen MR) is 89.5 cm³/mol. The summed E-state index contributed by atoms with van der Waals surface area (Å²) in [6.45, 7) is 6.28. The van der Waals surface area contributed by atoms with Crippen LogP contribution in [-0.4, -0.2) is 5.97 Å². The van der Waals surface area contributed by atoms with E-state index in [1.807, 2.05) is 60.7 Å². The van der Waals surface area contributed by atoms with Gasteiger partial charge in [0.1, 0.15) is 6.10 Å². The molecule has 0 aromatic heterocycles. The summed E-state index contributed by atoms with van der Waals surface area (Å²) in [5.74, 6) is -0.146. The van der Waals surface area contributed by atoms with E-state index < -0.39 is 0 Å². The maximum atomic E-state index is 12.2. The summed E-state index contributed by atoms with van der Waals surface area (Å²) in [4.78, 5) is 12.2. The van der Waals surface area contributed by atoms with Gasteiger partial charge in [-0.1, -0.05) is 81.4 Å². The monoisotopic (exact) mass is 296 g/mol. The van der Waals surface area contributed by atoms with Crippen LogP contribution in [0.15, 0.2) is 60.7 Å². The largest absolute Gasteiger partial charge is 0.457 e. The third kappa shape index (κ3) is 4.73. The number of ether oxygens (including phenoxy) is 1. The average molecular weight is 296 g/mol. The van der Waals surface area contributed by atoms with Gasteiger partial charge in [0.15, 0.2) is 0 Å². The van der Waals surface area contributed by atoms with E-state index in [1.165, 1.54) is 0 Å². The molecule has 0 amide bonds. The molecule has 0 heterocycles. The van der Waals surface area contributed by atoms with Gasteiger partial charge in [0.05, 0.1) is 0 Å². The van der Waals surface area contributed by atoms with E-state index in [0.717, 1.165) is 11.1 Å². The minimum atomic E-state index is -0.225. The molecule has 0 radical (unpaired) electrons. The van der Waals surface area contributed by atoms with Crippen LogP contribution in [0.5, 0.6) is 0 Å². The van der Waals surface area contributed by atoms with Crippen LogP contribution in [0.4, 0.5) is 0 Å². The highest BCUT2D eigenvalue weighted by atomic mass is 16.5. The van der Waals surface area contributed by atoms with Crippen molar-refractivity contribution >= 4 is 5.97 Å². The Morgan fingerprint density at radius 3 is 2.05 bits per heavy atom. The molecule has 2 rings (SSSR count). The molecule has 2 nitrogen and oxygen atoms in total. The molecule has 0 N–H and O–H groups in total. The summed E-state index contributed by atoms with van der Waals surface area (Å²) in [5.41, 5.74) is 2.07. The molecule has 2 heteroatoms. The smallest absolute Gasteiger partial charge is 0.306 e. The van der Waals surface area contributed by atoms with Crippen molar-refractivity contribution in [2.75, 3.05) is 0 Å². The lowest BCUT2D eigenvalue weighted by molar-refractivity contribution is -0.155. The Kier molecular flexibility index (Phi) is 5.37. The molecule has 0 aliphatic heterocycles. The van der Waals surface area contributed by atoms with Crippen LogP contribution in [0.2, 0.25) is 0 Å². The first-order valence-electron chi connectivity index (χ1n) is 7.75. The fourth-order valence-corrected chi connectivity index (χ4v) is 2.45. The van der Waals surface area contributed by atoms with Crippen molar-refractivity contribution in [3.63, 3.8) is 0 Å². The first-order valence-corrected chi connectivity index (χ1v) is 7.75. The number of aryl methyl sites for hydroxylation is 1. The summed E-state index contributed by atoms with van der Waals surface area (Å²) in [6, 6.07) is 20.0. The third-order valence-electron chi connectivity index (χ3n) is 3.60. The summed E-state index contributed by atoms with van der Waals surface area (Å²) in [7, 11) is 0. The van der Waals surface area contributed by atoms with Gasteiger partial charge in [0.25, 0.3) is 0 Å². The molecule has 1 atom stereocenters. The minimum absolute atomic E-state index is 0.135. The Morgan fingerprint density at radius 1 is 0.955 bits per heavy atom. The van der Waals surface area contributed by atoms with Crippen molar-refractivity contribution in [3.8, 4) is 0 Å². The molecule has 2 aromatic rings. The van der Waals surface area contributed by atoms with Crippen molar-refractivity contribution in [2.45, 2.75) is 39.7 Å². The number of carbonyl (C=O) groups excluding carboxylic acids is 1. The standard InChI is InChI=1S/C20H24O2/c1-20(2,3)19(17-12-8-5-9-13-17)22-18(21)15-14-16-10-6-4-7-11-16/h4-13,19H,14-15H2,1-3H3/t19-/m0/s1. The Labute approximate surface area is 133 Å². The maximum Gasteiger partial charge on any atom is 0.306 e. The van der Waals surface area contributed by atoms with E-state index >= 15 is 0 Å². The molecular weight excluding hydrogens is 272 g/mol. The highest BCUT2D eigenvalue weighted by Crippen LogP contribution is 2.36. The first-order chi connectivity index (χ1) is 10.5. The van der Waals surface area contributed by atoms with E-state index in [0.29, 0.717) is 12.8 Å². The van der Waals surface area contributed by atoms with Crippen molar-refractivity contribution in [3.05, 3.63) is 71.8 Å². The molecule has 22 heavy (non-hydrogen) atoms. The Morgan fingerprint density at radius 2 is 1.50 bits per heavy atom. The fraction of sp³-hybridized carbons (Fsp3) is 0.350. The van der Waals surface area contributed by atoms with Crippen LogP contribution < -0.4 is 0 Å². The molecule has 0 unspecified atom stereocenters. The quantitative estimate of drug-likeness (QED) is 0.730. The Hall–Kier alpha value is -2.09. The third-order valence-corrected chi connectivity index (χ3v) is 3.60. The summed E-state index contributed by atoms with van der Waals surface area (Å²) >= 11 is 0. The van der Waals surface area contributed by atoms with Gasteiger partial charge in [-0.05, 0) is 17.5 Å². The molecule has 116 valence electrons.